The molecule has 0 radical (unpaired) electrons. The van der Waals surface area contributed by atoms with Gasteiger partial charge in [0, 0.05) is 36.6 Å². The summed E-state index contributed by atoms with van der Waals surface area (Å²) in [5.74, 6) is -0.203. The van der Waals surface area contributed by atoms with Gasteiger partial charge in [-0.3, -0.25) is 14.3 Å². The van der Waals surface area contributed by atoms with Gasteiger partial charge in [-0.25, -0.2) is 0 Å². The molecule has 2 amide bonds. The normalized spacial score (nSPS) is 12.9. The van der Waals surface area contributed by atoms with Crippen molar-refractivity contribution in [3.63, 3.8) is 0 Å². The van der Waals surface area contributed by atoms with Crippen LogP contribution in [0.15, 0.2) is 30.6 Å². The van der Waals surface area contributed by atoms with Crippen molar-refractivity contribution >= 4 is 17.5 Å². The minimum Gasteiger partial charge on any atom is -0.348 e. The Hall–Kier alpha value is -2.63. The van der Waals surface area contributed by atoms with E-state index in [1.54, 1.807) is 23.0 Å². The third kappa shape index (κ3) is 2.40. The van der Waals surface area contributed by atoms with E-state index in [1.807, 2.05) is 19.3 Å². The predicted octanol–water partition coefficient (Wildman–Crippen LogP) is 0.845. The maximum absolute atomic E-state index is 12.1. The van der Waals surface area contributed by atoms with E-state index >= 15 is 0 Å². The summed E-state index contributed by atoms with van der Waals surface area (Å²) in [4.78, 5) is 23.3. The van der Waals surface area contributed by atoms with Crippen LogP contribution in [0.4, 0.5) is 5.69 Å². The quantitative estimate of drug-likeness (QED) is 0.868. The molecule has 1 aliphatic rings. The molecule has 6 heteroatoms. The summed E-state index contributed by atoms with van der Waals surface area (Å²) in [5.41, 5.74) is 3.13. The molecule has 102 valence electrons. The second kappa shape index (κ2) is 4.80. The second-order valence-corrected chi connectivity index (χ2v) is 4.80. The number of aromatic nitrogens is 2. The Morgan fingerprint density at radius 1 is 1.50 bits per heavy atom. The van der Waals surface area contributed by atoms with Gasteiger partial charge >= 0.3 is 0 Å². The van der Waals surface area contributed by atoms with E-state index in [-0.39, 0.29) is 11.8 Å². The highest BCUT2D eigenvalue weighted by Gasteiger charge is 2.18. The van der Waals surface area contributed by atoms with Crippen molar-refractivity contribution in [3.05, 3.63) is 47.3 Å². The predicted molar refractivity (Wildman–Crippen MR) is 73.2 cm³/mol. The molecule has 0 saturated carbocycles. The van der Waals surface area contributed by atoms with Gasteiger partial charge in [0.15, 0.2) is 0 Å². The SMILES string of the molecule is Cn1cc(CNC(=O)c2ccc3c(c2)NC(=O)C3)cn1. The zero-order valence-electron chi connectivity index (χ0n) is 11.0. The molecule has 6 nitrogen and oxygen atoms in total. The summed E-state index contributed by atoms with van der Waals surface area (Å²) in [6.07, 6.45) is 3.94. The van der Waals surface area contributed by atoms with Crippen molar-refractivity contribution in [2.75, 3.05) is 5.32 Å². The fourth-order valence-electron chi connectivity index (χ4n) is 2.20. The van der Waals surface area contributed by atoms with Gasteiger partial charge < -0.3 is 10.6 Å². The number of carbonyl (C=O) groups is 2. The van der Waals surface area contributed by atoms with Gasteiger partial charge in [0.1, 0.15) is 0 Å². The third-order valence-electron chi connectivity index (χ3n) is 3.21. The van der Waals surface area contributed by atoms with Gasteiger partial charge in [-0.2, -0.15) is 5.10 Å². The van der Waals surface area contributed by atoms with E-state index in [4.69, 9.17) is 0 Å². The summed E-state index contributed by atoms with van der Waals surface area (Å²) in [6, 6.07) is 5.25. The number of rotatable bonds is 3. The Balaban J connectivity index is 1.69. The Bertz CT molecular complexity index is 690. The topological polar surface area (TPSA) is 76.0 Å². The summed E-state index contributed by atoms with van der Waals surface area (Å²) >= 11 is 0. The number of benzene rings is 1. The molecule has 0 bridgehead atoms. The molecule has 0 aliphatic carbocycles. The molecule has 0 saturated heterocycles. The van der Waals surface area contributed by atoms with Crippen molar-refractivity contribution in [1.29, 1.82) is 0 Å². The van der Waals surface area contributed by atoms with Gasteiger partial charge in [0.2, 0.25) is 5.91 Å². The van der Waals surface area contributed by atoms with E-state index in [1.165, 1.54) is 0 Å². The third-order valence-corrected chi connectivity index (χ3v) is 3.21. The lowest BCUT2D eigenvalue weighted by Crippen LogP contribution is -2.22. The van der Waals surface area contributed by atoms with Crippen molar-refractivity contribution in [3.8, 4) is 0 Å². The number of carbonyl (C=O) groups excluding carboxylic acids is 2. The lowest BCUT2D eigenvalue weighted by molar-refractivity contribution is -0.115. The minimum atomic E-state index is -0.169. The van der Waals surface area contributed by atoms with Crippen molar-refractivity contribution in [1.82, 2.24) is 15.1 Å². The lowest BCUT2D eigenvalue weighted by Gasteiger charge is -2.05. The number of amides is 2. The van der Waals surface area contributed by atoms with Gasteiger partial charge in [-0.1, -0.05) is 6.07 Å². The number of nitrogens with one attached hydrogen (secondary N) is 2. The summed E-state index contributed by atoms with van der Waals surface area (Å²) in [7, 11) is 1.83. The highest BCUT2D eigenvalue weighted by atomic mass is 16.2. The number of fused-ring (bicyclic) bond motifs is 1. The Morgan fingerprint density at radius 3 is 3.10 bits per heavy atom. The largest absolute Gasteiger partial charge is 0.348 e. The molecule has 1 aromatic heterocycles. The molecule has 0 atom stereocenters. The Labute approximate surface area is 115 Å². The van der Waals surface area contributed by atoms with Gasteiger partial charge in [0.25, 0.3) is 5.91 Å². The molecule has 2 N–H and O–H groups in total. The first-order valence-corrected chi connectivity index (χ1v) is 6.30. The standard InChI is InChI=1S/C14H14N4O2/c1-18-8-9(7-16-18)6-15-14(20)11-3-2-10-5-13(19)17-12(10)4-11/h2-4,7-8H,5-6H2,1H3,(H,15,20)(H,17,19). The summed E-state index contributed by atoms with van der Waals surface area (Å²) < 4.78 is 1.69. The molecule has 1 aromatic carbocycles. The van der Waals surface area contributed by atoms with E-state index in [2.05, 4.69) is 15.7 Å². The number of nitrogens with zero attached hydrogens (tertiary/aromatic N) is 2. The fourth-order valence-corrected chi connectivity index (χ4v) is 2.20. The molecule has 0 fully saturated rings. The van der Waals surface area contributed by atoms with Crippen LogP contribution in [0.2, 0.25) is 0 Å². The van der Waals surface area contributed by atoms with E-state index < -0.39 is 0 Å². The van der Waals surface area contributed by atoms with E-state index in [9.17, 15) is 9.59 Å². The maximum Gasteiger partial charge on any atom is 0.251 e. The van der Waals surface area contributed by atoms with Crippen LogP contribution in [0.1, 0.15) is 21.5 Å². The average molecular weight is 270 g/mol. The van der Waals surface area contributed by atoms with E-state index in [0.717, 1.165) is 16.8 Å². The van der Waals surface area contributed by atoms with Crippen LogP contribution >= 0.6 is 0 Å². The fraction of sp³-hybridized carbons (Fsp3) is 0.214. The van der Waals surface area contributed by atoms with Crippen molar-refractivity contribution < 1.29 is 9.59 Å². The van der Waals surface area contributed by atoms with Crippen LogP contribution in [0.3, 0.4) is 0 Å². The first-order chi connectivity index (χ1) is 9.61. The monoisotopic (exact) mass is 270 g/mol. The van der Waals surface area contributed by atoms with Gasteiger partial charge in [-0.05, 0) is 17.7 Å². The number of anilines is 1. The lowest BCUT2D eigenvalue weighted by atomic mass is 10.1. The molecule has 3 rings (SSSR count). The van der Waals surface area contributed by atoms with Crippen LogP contribution in [-0.4, -0.2) is 21.6 Å². The van der Waals surface area contributed by atoms with Crippen LogP contribution < -0.4 is 10.6 Å². The molecular formula is C14H14N4O2. The Morgan fingerprint density at radius 2 is 2.35 bits per heavy atom. The van der Waals surface area contributed by atoms with Crippen molar-refractivity contribution in [2.45, 2.75) is 13.0 Å². The smallest absolute Gasteiger partial charge is 0.251 e. The van der Waals surface area contributed by atoms with Crippen LogP contribution in [0.25, 0.3) is 0 Å². The highest BCUT2D eigenvalue weighted by molar-refractivity contribution is 6.02. The summed E-state index contributed by atoms with van der Waals surface area (Å²) in [5, 5.41) is 9.60. The summed E-state index contributed by atoms with van der Waals surface area (Å²) in [6.45, 7) is 0.427. The zero-order valence-corrected chi connectivity index (χ0v) is 11.0. The second-order valence-electron chi connectivity index (χ2n) is 4.80. The molecule has 0 unspecified atom stereocenters. The molecular weight excluding hydrogens is 256 g/mol. The van der Waals surface area contributed by atoms with Gasteiger partial charge in [0.05, 0.1) is 12.6 Å². The minimum absolute atomic E-state index is 0.0343. The van der Waals surface area contributed by atoms with Gasteiger partial charge in [-0.15, -0.1) is 0 Å². The van der Waals surface area contributed by atoms with Crippen LogP contribution in [-0.2, 0) is 24.8 Å². The van der Waals surface area contributed by atoms with Crippen LogP contribution in [0.5, 0.6) is 0 Å². The Kier molecular flexibility index (Phi) is 2.98. The first-order valence-electron chi connectivity index (χ1n) is 6.30. The average Bonchev–Trinajstić information content (AvgIpc) is 2.99. The van der Waals surface area contributed by atoms with Crippen molar-refractivity contribution in [2.24, 2.45) is 7.05 Å². The number of hydrogen-bond acceptors (Lipinski definition) is 3. The highest BCUT2D eigenvalue weighted by Crippen LogP contribution is 2.23. The maximum atomic E-state index is 12.1. The zero-order chi connectivity index (χ0) is 14.1. The first kappa shape index (κ1) is 12.4. The molecule has 1 aliphatic heterocycles. The van der Waals surface area contributed by atoms with Crippen LogP contribution in [0, 0.1) is 0 Å². The number of hydrogen-bond donors (Lipinski definition) is 2. The molecule has 2 heterocycles. The molecule has 0 spiro atoms. The number of aryl methyl sites for hydroxylation is 1. The molecule has 20 heavy (non-hydrogen) atoms. The molecule has 2 aromatic rings. The van der Waals surface area contributed by atoms with E-state index in [0.29, 0.717) is 18.5 Å².